The number of aromatic nitrogens is 1. The molecular formula is C11H21N3S. The number of nitrogens with zero attached hydrogens (tertiary/aromatic N) is 1. The second-order valence-electron chi connectivity index (χ2n) is 3.87. The Balaban J connectivity index is 2.39. The Kier molecular flexibility index (Phi) is 5.83. The quantitative estimate of drug-likeness (QED) is 0.428. The molecule has 0 radical (unpaired) electrons. The van der Waals surface area contributed by atoms with Crippen molar-refractivity contribution in [3.05, 3.63) is 16.1 Å². The van der Waals surface area contributed by atoms with E-state index in [1.54, 1.807) is 11.3 Å². The zero-order valence-corrected chi connectivity index (χ0v) is 10.4. The van der Waals surface area contributed by atoms with E-state index in [1.165, 1.54) is 30.6 Å². The first kappa shape index (κ1) is 12.6. The van der Waals surface area contributed by atoms with Crippen LogP contribution in [0.4, 0.5) is 0 Å². The van der Waals surface area contributed by atoms with Crippen molar-refractivity contribution in [1.82, 2.24) is 10.4 Å². The van der Waals surface area contributed by atoms with Crippen molar-refractivity contribution >= 4 is 11.3 Å². The molecule has 0 aliphatic heterocycles. The van der Waals surface area contributed by atoms with Crippen molar-refractivity contribution in [2.75, 3.05) is 0 Å². The lowest BCUT2D eigenvalue weighted by atomic mass is 10.1. The fourth-order valence-corrected chi connectivity index (χ4v) is 2.61. The van der Waals surface area contributed by atoms with Gasteiger partial charge in [0.2, 0.25) is 0 Å². The van der Waals surface area contributed by atoms with Crippen LogP contribution < -0.4 is 11.3 Å². The van der Waals surface area contributed by atoms with E-state index >= 15 is 0 Å². The number of hydrogen-bond acceptors (Lipinski definition) is 4. The lowest BCUT2D eigenvalue weighted by Crippen LogP contribution is -2.27. The van der Waals surface area contributed by atoms with E-state index in [4.69, 9.17) is 5.84 Å². The standard InChI is InChI=1S/C11H21N3S/c1-3-4-5-6-7-10(14-12)11-9(2)13-8-15-11/h8,10,14H,3-7,12H2,1-2H3. The van der Waals surface area contributed by atoms with E-state index in [2.05, 4.69) is 17.3 Å². The normalized spacial score (nSPS) is 13.0. The number of unbranched alkanes of at least 4 members (excludes halogenated alkanes) is 3. The minimum atomic E-state index is 0.286. The van der Waals surface area contributed by atoms with Crippen LogP contribution in [-0.2, 0) is 0 Å². The predicted octanol–water partition coefficient (Wildman–Crippen LogP) is 2.93. The van der Waals surface area contributed by atoms with E-state index in [0.717, 1.165) is 12.1 Å². The van der Waals surface area contributed by atoms with Gasteiger partial charge in [-0.1, -0.05) is 32.6 Å². The van der Waals surface area contributed by atoms with Crippen LogP contribution in [0, 0.1) is 6.92 Å². The number of nitrogens with two attached hydrogens (primary N) is 1. The Bertz CT molecular complexity index is 273. The van der Waals surface area contributed by atoms with Crippen LogP contribution >= 0.6 is 11.3 Å². The van der Waals surface area contributed by atoms with Crippen LogP contribution in [0.2, 0.25) is 0 Å². The van der Waals surface area contributed by atoms with Crippen molar-refractivity contribution in [1.29, 1.82) is 0 Å². The summed E-state index contributed by atoms with van der Waals surface area (Å²) in [6.07, 6.45) is 6.24. The molecule has 1 unspecified atom stereocenters. The maximum atomic E-state index is 5.58. The molecule has 1 rings (SSSR count). The number of aryl methyl sites for hydroxylation is 1. The molecule has 0 amide bonds. The smallest absolute Gasteiger partial charge is 0.0798 e. The first-order chi connectivity index (χ1) is 7.29. The van der Waals surface area contributed by atoms with Crippen LogP contribution in [-0.4, -0.2) is 4.98 Å². The Morgan fingerprint density at radius 3 is 2.80 bits per heavy atom. The summed E-state index contributed by atoms with van der Waals surface area (Å²) in [4.78, 5) is 5.54. The zero-order valence-electron chi connectivity index (χ0n) is 9.62. The maximum Gasteiger partial charge on any atom is 0.0798 e. The van der Waals surface area contributed by atoms with Gasteiger partial charge < -0.3 is 0 Å². The predicted molar refractivity (Wildman–Crippen MR) is 65.7 cm³/mol. The van der Waals surface area contributed by atoms with Gasteiger partial charge in [-0.25, -0.2) is 4.98 Å². The number of rotatable bonds is 7. The van der Waals surface area contributed by atoms with E-state index in [1.807, 2.05) is 12.4 Å². The van der Waals surface area contributed by atoms with Crippen LogP contribution in [0.25, 0.3) is 0 Å². The molecule has 0 aliphatic rings. The third kappa shape index (κ3) is 3.89. The van der Waals surface area contributed by atoms with Crippen LogP contribution in [0.5, 0.6) is 0 Å². The van der Waals surface area contributed by atoms with Gasteiger partial charge in [-0.2, -0.15) is 0 Å². The Morgan fingerprint density at radius 2 is 2.27 bits per heavy atom. The molecule has 0 aromatic carbocycles. The molecule has 1 heterocycles. The fourth-order valence-electron chi connectivity index (χ4n) is 1.71. The van der Waals surface area contributed by atoms with Gasteiger partial charge in [0.1, 0.15) is 0 Å². The van der Waals surface area contributed by atoms with E-state index in [9.17, 15) is 0 Å². The van der Waals surface area contributed by atoms with Gasteiger partial charge in [-0.05, 0) is 13.3 Å². The molecule has 4 heteroatoms. The molecular weight excluding hydrogens is 206 g/mol. The third-order valence-corrected chi connectivity index (χ3v) is 3.69. The van der Waals surface area contributed by atoms with Gasteiger partial charge >= 0.3 is 0 Å². The summed E-state index contributed by atoms with van der Waals surface area (Å²) >= 11 is 1.69. The summed E-state index contributed by atoms with van der Waals surface area (Å²) in [5.74, 6) is 5.58. The third-order valence-electron chi connectivity index (χ3n) is 2.65. The zero-order chi connectivity index (χ0) is 11.1. The molecule has 1 atom stereocenters. The highest BCUT2D eigenvalue weighted by atomic mass is 32.1. The fraction of sp³-hybridized carbons (Fsp3) is 0.727. The summed E-state index contributed by atoms with van der Waals surface area (Å²) < 4.78 is 0. The van der Waals surface area contributed by atoms with E-state index < -0.39 is 0 Å². The number of hydrogen-bond donors (Lipinski definition) is 2. The number of nitrogens with one attached hydrogen (secondary N) is 1. The molecule has 0 aliphatic carbocycles. The second kappa shape index (κ2) is 6.93. The lowest BCUT2D eigenvalue weighted by molar-refractivity contribution is 0.486. The molecule has 1 aromatic heterocycles. The van der Waals surface area contributed by atoms with Crippen LogP contribution in [0.15, 0.2) is 5.51 Å². The maximum absolute atomic E-state index is 5.58. The first-order valence-electron chi connectivity index (χ1n) is 5.65. The molecule has 0 spiro atoms. The van der Waals surface area contributed by atoms with Crippen molar-refractivity contribution in [2.45, 2.75) is 52.0 Å². The summed E-state index contributed by atoms with van der Waals surface area (Å²) in [7, 11) is 0. The van der Waals surface area contributed by atoms with Crippen LogP contribution in [0.3, 0.4) is 0 Å². The molecule has 0 saturated carbocycles. The van der Waals surface area contributed by atoms with Crippen molar-refractivity contribution in [3.63, 3.8) is 0 Å². The lowest BCUT2D eigenvalue weighted by Gasteiger charge is -2.14. The molecule has 1 aromatic rings. The van der Waals surface area contributed by atoms with E-state index in [-0.39, 0.29) is 6.04 Å². The molecule has 3 N–H and O–H groups in total. The Hall–Kier alpha value is -0.450. The minimum Gasteiger partial charge on any atom is -0.271 e. The van der Waals surface area contributed by atoms with Gasteiger partial charge in [0, 0.05) is 4.88 Å². The molecule has 15 heavy (non-hydrogen) atoms. The monoisotopic (exact) mass is 227 g/mol. The minimum absolute atomic E-state index is 0.286. The average Bonchev–Trinajstić information content (AvgIpc) is 2.65. The number of thiazole rings is 1. The summed E-state index contributed by atoms with van der Waals surface area (Å²) in [5.41, 5.74) is 5.89. The van der Waals surface area contributed by atoms with Crippen LogP contribution in [0.1, 0.15) is 55.6 Å². The van der Waals surface area contributed by atoms with Crippen molar-refractivity contribution < 1.29 is 0 Å². The van der Waals surface area contributed by atoms with Crippen molar-refractivity contribution in [2.24, 2.45) is 5.84 Å². The van der Waals surface area contributed by atoms with Gasteiger partial charge in [0.15, 0.2) is 0 Å². The summed E-state index contributed by atoms with van der Waals surface area (Å²) in [6, 6.07) is 0.286. The summed E-state index contributed by atoms with van der Waals surface area (Å²) in [5, 5.41) is 0. The number of hydrazine groups is 1. The molecule has 0 saturated heterocycles. The molecule has 86 valence electrons. The summed E-state index contributed by atoms with van der Waals surface area (Å²) in [6.45, 7) is 4.27. The largest absolute Gasteiger partial charge is 0.271 e. The van der Waals surface area contributed by atoms with Gasteiger partial charge in [-0.3, -0.25) is 11.3 Å². The molecule has 3 nitrogen and oxygen atoms in total. The second-order valence-corrected chi connectivity index (χ2v) is 4.76. The molecule has 0 bridgehead atoms. The van der Waals surface area contributed by atoms with Crippen molar-refractivity contribution in [3.8, 4) is 0 Å². The van der Waals surface area contributed by atoms with Gasteiger partial charge in [-0.15, -0.1) is 11.3 Å². The van der Waals surface area contributed by atoms with Gasteiger partial charge in [0.25, 0.3) is 0 Å². The average molecular weight is 227 g/mol. The highest BCUT2D eigenvalue weighted by Crippen LogP contribution is 2.25. The molecule has 0 fully saturated rings. The highest BCUT2D eigenvalue weighted by molar-refractivity contribution is 7.09. The SMILES string of the molecule is CCCCCCC(NN)c1scnc1C. The first-order valence-corrected chi connectivity index (χ1v) is 6.53. The topological polar surface area (TPSA) is 50.9 Å². The van der Waals surface area contributed by atoms with E-state index in [0.29, 0.717) is 0 Å². The highest BCUT2D eigenvalue weighted by Gasteiger charge is 2.13. The Morgan fingerprint density at radius 1 is 1.47 bits per heavy atom. The Labute approximate surface area is 96.1 Å². The van der Waals surface area contributed by atoms with Gasteiger partial charge in [0.05, 0.1) is 17.2 Å².